The summed E-state index contributed by atoms with van der Waals surface area (Å²) in [6.07, 6.45) is 1.69. The van der Waals surface area contributed by atoms with E-state index in [2.05, 4.69) is 27.8 Å². The Morgan fingerprint density at radius 1 is 1.09 bits per heavy atom. The Morgan fingerprint density at radius 2 is 1.70 bits per heavy atom. The number of pyridine rings is 1. The molecule has 0 bridgehead atoms. The molecule has 0 unspecified atom stereocenters. The van der Waals surface area contributed by atoms with Gasteiger partial charge in [-0.05, 0) is 24.2 Å². The molecule has 1 aromatic heterocycles. The van der Waals surface area contributed by atoms with Crippen LogP contribution in [0.3, 0.4) is 0 Å². The number of nitrogens with zero attached hydrogens (tertiary/aromatic N) is 3. The second-order valence-electron chi connectivity index (χ2n) is 4.08. The summed E-state index contributed by atoms with van der Waals surface area (Å²) in [7, 11) is -1.84. The fourth-order valence-corrected chi connectivity index (χ4v) is 1.40. The summed E-state index contributed by atoms with van der Waals surface area (Å²) in [6, 6.07) is 13.7. The Labute approximate surface area is 151 Å². The predicted octanol–water partition coefficient (Wildman–Crippen LogP) is -1.61. The molecule has 0 fully saturated rings. The van der Waals surface area contributed by atoms with Gasteiger partial charge in [0.15, 0.2) is 0 Å². The first-order chi connectivity index (χ1) is 10.5. The van der Waals surface area contributed by atoms with E-state index in [9.17, 15) is 10.0 Å². The normalized spacial score (nSPS) is 10.9. The Kier molecular flexibility index (Phi) is 10.9. The van der Waals surface area contributed by atoms with Gasteiger partial charge in [-0.3, -0.25) is 4.98 Å². The summed E-state index contributed by atoms with van der Waals surface area (Å²) in [4.78, 5) is 4.08. The Balaban J connectivity index is 0.000000427. The molecule has 0 saturated heterocycles. The maximum absolute atomic E-state index is 10.2. The second-order valence-corrected chi connectivity index (χ2v) is 4.50. The average molecular weight is 340 g/mol. The van der Waals surface area contributed by atoms with Gasteiger partial charge < -0.3 is 28.4 Å². The van der Waals surface area contributed by atoms with Crippen LogP contribution in [0.2, 0.25) is 0 Å². The molecule has 0 saturated carbocycles. The van der Waals surface area contributed by atoms with Crippen LogP contribution < -0.4 is 21.2 Å². The monoisotopic (exact) mass is 340 g/mol. The molecular formula is C14H14AlBN4O2S. The summed E-state index contributed by atoms with van der Waals surface area (Å²) >= 11 is 4.55. The van der Waals surface area contributed by atoms with Crippen LogP contribution >= 0.6 is 0 Å². The van der Waals surface area contributed by atoms with E-state index in [4.69, 9.17) is 5.73 Å². The van der Waals surface area contributed by atoms with Crippen molar-refractivity contribution >= 4 is 53.5 Å². The predicted molar refractivity (Wildman–Crippen MR) is 93.0 cm³/mol. The number of hydrogen-bond donors (Lipinski definition) is 1. The molecule has 0 aliphatic heterocycles. The molecule has 1 aromatic carbocycles. The largest absolute Gasteiger partial charge is 3.00 e. The Hall–Kier alpha value is -1.75. The molecule has 0 radical (unpaired) electrons. The van der Waals surface area contributed by atoms with Crippen molar-refractivity contribution in [1.29, 1.82) is 0 Å². The van der Waals surface area contributed by atoms with Gasteiger partial charge in [-0.1, -0.05) is 43.5 Å². The first-order valence-electron chi connectivity index (χ1n) is 6.33. The fraction of sp³-hybridized carbons (Fsp3) is 0.0714. The molecule has 0 amide bonds. The third kappa shape index (κ3) is 9.08. The smallest absolute Gasteiger partial charge is 0.889 e. The molecule has 2 N–H and O–H groups in total. The maximum Gasteiger partial charge on any atom is 3.00 e. The van der Waals surface area contributed by atoms with E-state index >= 15 is 0 Å². The molecule has 0 aliphatic rings. The zero-order chi connectivity index (χ0) is 16.4. The zero-order valence-corrected chi connectivity index (χ0v) is 14.5. The Bertz CT molecular complexity index is 623. The first-order valence-corrected chi connectivity index (χ1v) is 6.74. The molecule has 1 heterocycles. The summed E-state index contributed by atoms with van der Waals surface area (Å²) in [5, 5.41) is 27.7. The van der Waals surface area contributed by atoms with Crippen molar-refractivity contribution in [3.05, 3.63) is 60.4 Å². The summed E-state index contributed by atoms with van der Waals surface area (Å²) in [6.45, 7) is 1.80. The van der Waals surface area contributed by atoms with Crippen molar-refractivity contribution in [3.8, 4) is 0 Å². The zero-order valence-electron chi connectivity index (χ0n) is 12.5. The SMILES string of the molecule is C/C(=N\N=C(\N)[S-])c1ccccn1.[Al+3].[O-]B([O-])c1ccccc1. The molecule has 6 nitrogen and oxygen atoms in total. The van der Waals surface area contributed by atoms with Crippen LogP contribution in [-0.2, 0) is 12.6 Å². The van der Waals surface area contributed by atoms with Crippen molar-refractivity contribution in [2.45, 2.75) is 6.92 Å². The van der Waals surface area contributed by atoms with Crippen molar-refractivity contribution < 1.29 is 10.0 Å². The van der Waals surface area contributed by atoms with E-state index < -0.39 is 7.12 Å². The average Bonchev–Trinajstić information content (AvgIpc) is 2.55. The number of benzene rings is 1. The number of hydrogen-bond acceptors (Lipinski definition) is 6. The van der Waals surface area contributed by atoms with Crippen LogP contribution in [0.4, 0.5) is 0 Å². The van der Waals surface area contributed by atoms with E-state index in [-0.39, 0.29) is 22.5 Å². The maximum atomic E-state index is 10.2. The van der Waals surface area contributed by atoms with Gasteiger partial charge in [0, 0.05) is 6.20 Å². The summed E-state index contributed by atoms with van der Waals surface area (Å²) in [5.41, 5.74) is 6.91. The van der Waals surface area contributed by atoms with Crippen LogP contribution in [-0.4, -0.2) is 40.3 Å². The Morgan fingerprint density at radius 3 is 2.13 bits per heavy atom. The number of amidine groups is 1. The van der Waals surface area contributed by atoms with E-state index in [1.807, 2.05) is 18.2 Å². The molecule has 2 rings (SSSR count). The first kappa shape index (κ1) is 21.2. The number of aromatic nitrogens is 1. The summed E-state index contributed by atoms with van der Waals surface area (Å²) in [5.74, 6) is 0. The molecule has 0 aliphatic carbocycles. The van der Waals surface area contributed by atoms with Gasteiger partial charge in [-0.2, -0.15) is 10.2 Å². The molecule has 0 atom stereocenters. The van der Waals surface area contributed by atoms with E-state index in [1.54, 1.807) is 31.3 Å². The third-order valence-corrected chi connectivity index (χ3v) is 2.49. The third-order valence-electron chi connectivity index (χ3n) is 2.41. The van der Waals surface area contributed by atoms with E-state index in [0.717, 1.165) is 5.69 Å². The molecule has 9 heteroatoms. The van der Waals surface area contributed by atoms with Gasteiger partial charge in [0.05, 0.1) is 11.4 Å². The quantitative estimate of drug-likeness (QED) is 0.238. The van der Waals surface area contributed by atoms with Gasteiger partial charge in [-0.15, -0.1) is 5.46 Å². The van der Waals surface area contributed by atoms with E-state index in [1.165, 1.54) is 12.1 Å². The van der Waals surface area contributed by atoms with Crippen molar-refractivity contribution in [2.24, 2.45) is 15.9 Å². The number of nitrogens with two attached hydrogens (primary N) is 1. The standard InChI is InChI=1S/C8H10N4S.C6H5BO2.Al/c1-6(11-12-8(9)13)7-4-2-3-5-10-7;8-7(9)6-4-2-1-3-5-6;/h2-5H,1H3,(H3,9,12,13);1-5H;/q;-2;+3/p-1/b11-6+;;. The minimum atomic E-state index is -1.84. The molecule has 23 heavy (non-hydrogen) atoms. The minimum absolute atomic E-state index is 0. The molecule has 2 aromatic rings. The fourth-order valence-electron chi connectivity index (χ4n) is 1.36. The van der Waals surface area contributed by atoms with Crippen LogP contribution in [0.25, 0.3) is 0 Å². The summed E-state index contributed by atoms with van der Waals surface area (Å²) < 4.78 is 0. The molecule has 0 spiro atoms. The minimum Gasteiger partial charge on any atom is -0.889 e. The van der Waals surface area contributed by atoms with Crippen LogP contribution in [0, 0.1) is 0 Å². The van der Waals surface area contributed by atoms with Gasteiger partial charge in [-0.25, -0.2) is 0 Å². The topological polar surface area (TPSA) is 110 Å². The van der Waals surface area contributed by atoms with Gasteiger partial charge in [0.2, 0.25) is 0 Å². The van der Waals surface area contributed by atoms with Crippen molar-refractivity contribution in [3.63, 3.8) is 0 Å². The molecular weight excluding hydrogens is 326 g/mol. The van der Waals surface area contributed by atoms with Gasteiger partial charge in [0.1, 0.15) is 0 Å². The molecule has 114 valence electrons. The van der Waals surface area contributed by atoms with Gasteiger partial charge >= 0.3 is 17.4 Å². The van der Waals surface area contributed by atoms with Crippen LogP contribution in [0.15, 0.2) is 64.9 Å². The second kappa shape index (κ2) is 11.8. The van der Waals surface area contributed by atoms with Crippen molar-refractivity contribution in [1.82, 2.24) is 4.98 Å². The van der Waals surface area contributed by atoms with Gasteiger partial charge in [0.25, 0.3) is 0 Å². The van der Waals surface area contributed by atoms with Crippen LogP contribution in [0.1, 0.15) is 12.6 Å². The number of rotatable bonds is 3. The van der Waals surface area contributed by atoms with E-state index in [0.29, 0.717) is 11.2 Å². The van der Waals surface area contributed by atoms with Crippen LogP contribution in [0.5, 0.6) is 0 Å². The van der Waals surface area contributed by atoms with Crippen molar-refractivity contribution in [2.75, 3.05) is 0 Å².